The molecule has 1 aromatic carbocycles. The first-order chi connectivity index (χ1) is 8.78. The van der Waals surface area contributed by atoms with Crippen LogP contribution in [0, 0.1) is 0 Å². The molecule has 1 aromatic rings. The van der Waals surface area contributed by atoms with E-state index in [1.807, 2.05) is 19.1 Å². The molecule has 0 spiro atoms. The molecule has 0 amide bonds. The first-order valence-electron chi connectivity index (χ1n) is 6.61. The van der Waals surface area contributed by atoms with Crippen molar-refractivity contribution in [1.82, 2.24) is 4.31 Å². The van der Waals surface area contributed by atoms with E-state index in [0.29, 0.717) is 17.2 Å². The van der Waals surface area contributed by atoms with Crippen LogP contribution >= 0.6 is 0 Å². The van der Waals surface area contributed by atoms with Crippen LogP contribution < -0.4 is 0 Å². The van der Waals surface area contributed by atoms with E-state index in [1.54, 1.807) is 12.1 Å². The number of hydrogen-bond acceptors (Lipinski definition) is 3. The van der Waals surface area contributed by atoms with Crippen molar-refractivity contribution in [1.29, 1.82) is 0 Å². The topological polar surface area (TPSA) is 57.6 Å². The highest BCUT2D eigenvalue weighted by molar-refractivity contribution is 7.89. The van der Waals surface area contributed by atoms with Gasteiger partial charge in [0.1, 0.15) is 0 Å². The number of nitrogens with zero attached hydrogens (tertiary/aromatic N) is 1. The Morgan fingerprint density at radius 3 is 2.21 bits per heavy atom. The van der Waals surface area contributed by atoms with Gasteiger partial charge in [0, 0.05) is 13.1 Å². The van der Waals surface area contributed by atoms with Crippen LogP contribution in [0.25, 0.3) is 0 Å². The molecule has 19 heavy (non-hydrogen) atoms. The Morgan fingerprint density at radius 2 is 1.79 bits per heavy atom. The molecule has 1 fully saturated rings. The lowest BCUT2D eigenvalue weighted by molar-refractivity contribution is -0.0613. The summed E-state index contributed by atoms with van der Waals surface area (Å²) in [6.45, 7) is 6.39. The third kappa shape index (κ3) is 2.68. The molecular formula is C14H21NO3S. The standard InChI is InChI=1S/C14H21NO3S/c1-4-14(16)9-15(10-14)19(17,18)13-7-5-12(6-8-13)11(2)3/h5-8,11,16H,4,9-10H2,1-3H3. The maximum Gasteiger partial charge on any atom is 0.243 e. The highest BCUT2D eigenvalue weighted by atomic mass is 32.2. The van der Waals surface area contributed by atoms with E-state index in [0.717, 1.165) is 5.56 Å². The summed E-state index contributed by atoms with van der Waals surface area (Å²) in [4.78, 5) is 0.301. The number of rotatable bonds is 4. The molecule has 0 aliphatic carbocycles. The number of benzene rings is 1. The van der Waals surface area contributed by atoms with Crippen molar-refractivity contribution in [3.8, 4) is 0 Å². The maximum absolute atomic E-state index is 12.3. The molecule has 1 aliphatic heterocycles. The second kappa shape index (κ2) is 4.89. The molecule has 0 unspecified atom stereocenters. The minimum absolute atomic E-state index is 0.192. The lowest BCUT2D eigenvalue weighted by atomic mass is 9.94. The first-order valence-corrected chi connectivity index (χ1v) is 8.05. The molecule has 106 valence electrons. The van der Waals surface area contributed by atoms with Gasteiger partial charge in [-0.2, -0.15) is 4.31 Å². The molecule has 0 aromatic heterocycles. The largest absolute Gasteiger partial charge is 0.387 e. The molecule has 0 atom stereocenters. The van der Waals surface area contributed by atoms with E-state index in [1.165, 1.54) is 4.31 Å². The van der Waals surface area contributed by atoms with Crippen LogP contribution in [0.1, 0.15) is 38.7 Å². The zero-order valence-electron chi connectivity index (χ0n) is 11.6. The SMILES string of the molecule is CCC1(O)CN(S(=O)(=O)c2ccc(C(C)C)cc2)C1. The summed E-state index contributed by atoms with van der Waals surface area (Å²) in [6, 6.07) is 6.99. The Morgan fingerprint density at radius 1 is 1.26 bits per heavy atom. The van der Waals surface area contributed by atoms with Gasteiger partial charge >= 0.3 is 0 Å². The van der Waals surface area contributed by atoms with Crippen molar-refractivity contribution in [3.05, 3.63) is 29.8 Å². The van der Waals surface area contributed by atoms with E-state index in [4.69, 9.17) is 0 Å². The fourth-order valence-corrected chi connectivity index (χ4v) is 3.78. The van der Waals surface area contributed by atoms with Gasteiger partial charge in [0.2, 0.25) is 10.0 Å². The van der Waals surface area contributed by atoms with Crippen LogP contribution in [0.4, 0.5) is 0 Å². The normalized spacial score (nSPS) is 19.4. The first kappa shape index (κ1) is 14.5. The average molecular weight is 283 g/mol. The van der Waals surface area contributed by atoms with Gasteiger partial charge in [-0.1, -0.05) is 32.9 Å². The molecule has 1 saturated heterocycles. The van der Waals surface area contributed by atoms with Gasteiger partial charge in [0.25, 0.3) is 0 Å². The van der Waals surface area contributed by atoms with E-state index in [-0.39, 0.29) is 13.1 Å². The van der Waals surface area contributed by atoms with Gasteiger partial charge in [0.05, 0.1) is 10.5 Å². The number of β-amino-alcohol motifs (C(OH)–C–C–N with tert-alkyl or cyclic N) is 1. The second-order valence-electron chi connectivity index (χ2n) is 5.57. The molecule has 1 N–H and O–H groups in total. The van der Waals surface area contributed by atoms with E-state index in [2.05, 4.69) is 13.8 Å². The predicted molar refractivity (Wildman–Crippen MR) is 74.5 cm³/mol. The zero-order chi connectivity index (χ0) is 14.3. The minimum atomic E-state index is -3.45. The Balaban J connectivity index is 2.17. The monoisotopic (exact) mass is 283 g/mol. The second-order valence-corrected chi connectivity index (χ2v) is 7.51. The van der Waals surface area contributed by atoms with Crippen LogP contribution in [0.3, 0.4) is 0 Å². The fraction of sp³-hybridized carbons (Fsp3) is 0.571. The smallest absolute Gasteiger partial charge is 0.243 e. The van der Waals surface area contributed by atoms with Crippen molar-refractivity contribution in [2.45, 2.75) is 43.6 Å². The zero-order valence-corrected chi connectivity index (χ0v) is 12.4. The van der Waals surface area contributed by atoms with Crippen molar-refractivity contribution < 1.29 is 13.5 Å². The van der Waals surface area contributed by atoms with E-state index < -0.39 is 15.6 Å². The average Bonchev–Trinajstić information content (AvgIpc) is 2.35. The highest BCUT2D eigenvalue weighted by Gasteiger charge is 2.45. The van der Waals surface area contributed by atoms with Crippen LogP contribution in [-0.2, 0) is 10.0 Å². The van der Waals surface area contributed by atoms with Gasteiger partial charge < -0.3 is 5.11 Å². The minimum Gasteiger partial charge on any atom is -0.387 e. The summed E-state index contributed by atoms with van der Waals surface area (Å²) in [6.07, 6.45) is 0.575. The summed E-state index contributed by atoms with van der Waals surface area (Å²) in [5, 5.41) is 9.91. The van der Waals surface area contributed by atoms with Crippen molar-refractivity contribution in [2.75, 3.05) is 13.1 Å². The summed E-state index contributed by atoms with van der Waals surface area (Å²) in [5.74, 6) is 0.381. The van der Waals surface area contributed by atoms with Gasteiger partial charge in [-0.25, -0.2) is 8.42 Å². The highest BCUT2D eigenvalue weighted by Crippen LogP contribution is 2.30. The number of sulfonamides is 1. The molecule has 1 aliphatic rings. The summed E-state index contributed by atoms with van der Waals surface area (Å²) < 4.78 is 26.0. The lowest BCUT2D eigenvalue weighted by Crippen LogP contribution is -2.62. The van der Waals surface area contributed by atoms with Crippen molar-refractivity contribution >= 4 is 10.0 Å². The Bertz CT molecular complexity index is 543. The molecule has 1 heterocycles. The quantitative estimate of drug-likeness (QED) is 0.919. The summed E-state index contributed by atoms with van der Waals surface area (Å²) in [5.41, 5.74) is 0.276. The summed E-state index contributed by atoms with van der Waals surface area (Å²) >= 11 is 0. The van der Waals surface area contributed by atoms with Gasteiger partial charge in [-0.3, -0.25) is 0 Å². The van der Waals surface area contributed by atoms with Gasteiger partial charge in [-0.15, -0.1) is 0 Å². The molecule has 0 radical (unpaired) electrons. The molecule has 4 nitrogen and oxygen atoms in total. The third-order valence-electron chi connectivity index (χ3n) is 3.78. The Labute approximate surface area is 115 Å². The fourth-order valence-electron chi connectivity index (χ4n) is 2.18. The molecule has 0 saturated carbocycles. The third-order valence-corrected chi connectivity index (χ3v) is 5.59. The number of aliphatic hydroxyl groups is 1. The predicted octanol–water partition coefficient (Wildman–Crippen LogP) is 1.96. The Kier molecular flexibility index (Phi) is 3.73. The number of hydrogen-bond donors (Lipinski definition) is 1. The summed E-state index contributed by atoms with van der Waals surface area (Å²) in [7, 11) is -3.45. The molecular weight excluding hydrogens is 262 g/mol. The van der Waals surface area contributed by atoms with Gasteiger partial charge in [-0.05, 0) is 30.0 Å². The molecule has 0 bridgehead atoms. The van der Waals surface area contributed by atoms with E-state index >= 15 is 0 Å². The maximum atomic E-state index is 12.3. The van der Waals surface area contributed by atoms with Gasteiger partial charge in [0.15, 0.2) is 0 Å². The van der Waals surface area contributed by atoms with Crippen LogP contribution in [0.15, 0.2) is 29.2 Å². The van der Waals surface area contributed by atoms with Crippen LogP contribution in [-0.4, -0.2) is 36.5 Å². The van der Waals surface area contributed by atoms with Crippen molar-refractivity contribution in [2.24, 2.45) is 0 Å². The lowest BCUT2D eigenvalue weighted by Gasteiger charge is -2.44. The van der Waals surface area contributed by atoms with Crippen LogP contribution in [0.2, 0.25) is 0 Å². The molecule has 5 heteroatoms. The van der Waals surface area contributed by atoms with Crippen LogP contribution in [0.5, 0.6) is 0 Å². The van der Waals surface area contributed by atoms with Crippen molar-refractivity contribution in [3.63, 3.8) is 0 Å². The Hall–Kier alpha value is -0.910. The molecule has 2 rings (SSSR count). The van der Waals surface area contributed by atoms with E-state index in [9.17, 15) is 13.5 Å².